The lowest BCUT2D eigenvalue weighted by Crippen LogP contribution is -2.30. The van der Waals surface area contributed by atoms with E-state index in [1.165, 1.54) is 12.8 Å². The number of amides is 2. The fourth-order valence-corrected chi connectivity index (χ4v) is 3.07. The second-order valence-electron chi connectivity index (χ2n) is 4.82. The molecule has 15 heavy (non-hydrogen) atoms. The molecule has 1 aliphatic heterocycles. The maximum atomic E-state index is 11.7. The molecule has 0 aromatic carbocycles. The average molecular weight is 209 g/mol. The molecule has 2 rings (SSSR count). The van der Waals surface area contributed by atoms with Crippen molar-refractivity contribution in [1.82, 2.24) is 5.32 Å². The molecule has 0 radical (unpaired) electrons. The Morgan fingerprint density at radius 3 is 2.80 bits per heavy atom. The average Bonchev–Trinajstić information content (AvgIpc) is 2.53. The van der Waals surface area contributed by atoms with E-state index in [4.69, 9.17) is 0 Å². The highest BCUT2D eigenvalue weighted by Gasteiger charge is 2.47. The standard InChI is InChI=1S/C12H19NO2/c1-2-3-5-8-6-4-7-9-10(8)12(15)13-11(9)14/h8-10H,2-7H2,1H3,(H,13,14,15). The highest BCUT2D eigenvalue weighted by molar-refractivity contribution is 6.05. The number of carbonyl (C=O) groups is 2. The molecule has 0 bridgehead atoms. The Kier molecular flexibility index (Phi) is 3.08. The van der Waals surface area contributed by atoms with E-state index in [-0.39, 0.29) is 23.7 Å². The van der Waals surface area contributed by atoms with Gasteiger partial charge in [-0.3, -0.25) is 14.9 Å². The van der Waals surface area contributed by atoms with Crippen molar-refractivity contribution in [2.24, 2.45) is 17.8 Å². The van der Waals surface area contributed by atoms with E-state index >= 15 is 0 Å². The van der Waals surface area contributed by atoms with Crippen molar-refractivity contribution in [2.75, 3.05) is 0 Å². The zero-order chi connectivity index (χ0) is 10.8. The molecule has 2 aliphatic rings. The van der Waals surface area contributed by atoms with Gasteiger partial charge in [0.25, 0.3) is 0 Å². The van der Waals surface area contributed by atoms with Crippen molar-refractivity contribution in [1.29, 1.82) is 0 Å². The number of nitrogens with one attached hydrogen (secondary N) is 1. The van der Waals surface area contributed by atoms with Crippen LogP contribution in [0.1, 0.15) is 45.4 Å². The Morgan fingerprint density at radius 2 is 2.07 bits per heavy atom. The van der Waals surface area contributed by atoms with Crippen LogP contribution in [0.25, 0.3) is 0 Å². The van der Waals surface area contributed by atoms with Gasteiger partial charge in [0.1, 0.15) is 0 Å². The third kappa shape index (κ3) is 1.92. The van der Waals surface area contributed by atoms with E-state index < -0.39 is 0 Å². The number of unbranched alkanes of at least 4 members (excludes halogenated alkanes) is 1. The largest absolute Gasteiger partial charge is 0.296 e. The van der Waals surface area contributed by atoms with Gasteiger partial charge in [-0.2, -0.15) is 0 Å². The first-order valence-electron chi connectivity index (χ1n) is 6.08. The maximum absolute atomic E-state index is 11.7. The molecule has 3 unspecified atom stereocenters. The van der Waals surface area contributed by atoms with Gasteiger partial charge in [-0.25, -0.2) is 0 Å². The van der Waals surface area contributed by atoms with E-state index in [1.54, 1.807) is 0 Å². The van der Waals surface area contributed by atoms with Gasteiger partial charge in [0.2, 0.25) is 11.8 Å². The minimum Gasteiger partial charge on any atom is -0.296 e. The van der Waals surface area contributed by atoms with Crippen LogP contribution in [-0.2, 0) is 9.59 Å². The van der Waals surface area contributed by atoms with E-state index in [0.717, 1.165) is 25.7 Å². The Labute approximate surface area is 90.6 Å². The topological polar surface area (TPSA) is 46.2 Å². The second-order valence-corrected chi connectivity index (χ2v) is 4.82. The van der Waals surface area contributed by atoms with Crippen molar-refractivity contribution in [2.45, 2.75) is 45.4 Å². The second kappa shape index (κ2) is 4.33. The lowest BCUT2D eigenvalue weighted by atomic mass is 9.71. The molecule has 1 saturated heterocycles. The third-order valence-electron chi connectivity index (χ3n) is 3.85. The number of imide groups is 1. The normalized spacial score (nSPS) is 35.1. The molecule has 2 amide bonds. The predicted octanol–water partition coefficient (Wildman–Crippen LogP) is 1.87. The smallest absolute Gasteiger partial charge is 0.230 e. The maximum Gasteiger partial charge on any atom is 0.230 e. The quantitative estimate of drug-likeness (QED) is 0.721. The van der Waals surface area contributed by atoms with Crippen LogP contribution in [0.4, 0.5) is 0 Å². The molecule has 1 heterocycles. The van der Waals surface area contributed by atoms with Crippen LogP contribution in [0.3, 0.4) is 0 Å². The van der Waals surface area contributed by atoms with Gasteiger partial charge in [0.15, 0.2) is 0 Å². The molecule has 0 spiro atoms. The van der Waals surface area contributed by atoms with Crippen molar-refractivity contribution >= 4 is 11.8 Å². The van der Waals surface area contributed by atoms with Crippen molar-refractivity contribution < 1.29 is 9.59 Å². The molecule has 1 saturated carbocycles. The summed E-state index contributed by atoms with van der Waals surface area (Å²) in [5.41, 5.74) is 0. The van der Waals surface area contributed by atoms with E-state index in [0.29, 0.717) is 5.92 Å². The summed E-state index contributed by atoms with van der Waals surface area (Å²) in [6.07, 6.45) is 6.60. The van der Waals surface area contributed by atoms with Crippen LogP contribution >= 0.6 is 0 Å². The van der Waals surface area contributed by atoms with Crippen LogP contribution in [0, 0.1) is 17.8 Å². The number of fused-ring (bicyclic) bond motifs is 1. The summed E-state index contributed by atoms with van der Waals surface area (Å²) in [6, 6.07) is 0. The van der Waals surface area contributed by atoms with E-state index in [2.05, 4.69) is 12.2 Å². The molecule has 3 heteroatoms. The fourth-order valence-electron chi connectivity index (χ4n) is 3.07. The van der Waals surface area contributed by atoms with Crippen LogP contribution in [0.2, 0.25) is 0 Å². The van der Waals surface area contributed by atoms with Crippen molar-refractivity contribution in [3.05, 3.63) is 0 Å². The first kappa shape index (κ1) is 10.7. The van der Waals surface area contributed by atoms with Gasteiger partial charge in [-0.05, 0) is 25.2 Å². The summed E-state index contributed by atoms with van der Waals surface area (Å²) in [7, 11) is 0. The zero-order valence-corrected chi connectivity index (χ0v) is 9.29. The van der Waals surface area contributed by atoms with E-state index in [1.807, 2.05) is 0 Å². The molecule has 3 atom stereocenters. The van der Waals surface area contributed by atoms with Crippen LogP contribution < -0.4 is 5.32 Å². The Morgan fingerprint density at radius 1 is 1.27 bits per heavy atom. The molecule has 2 fully saturated rings. The Bertz CT molecular complexity index is 275. The van der Waals surface area contributed by atoms with Gasteiger partial charge in [-0.1, -0.05) is 26.2 Å². The molecular weight excluding hydrogens is 190 g/mol. The summed E-state index contributed by atoms with van der Waals surface area (Å²) in [6.45, 7) is 2.17. The van der Waals surface area contributed by atoms with Gasteiger partial charge < -0.3 is 0 Å². The van der Waals surface area contributed by atoms with Gasteiger partial charge in [0.05, 0.1) is 11.8 Å². The SMILES string of the molecule is CCCCC1CCCC2C(=O)NC(=O)C12. The minimum absolute atomic E-state index is 0.00204. The number of rotatable bonds is 3. The molecule has 1 aliphatic carbocycles. The molecular formula is C12H19NO2. The number of hydrogen-bond donors (Lipinski definition) is 1. The first-order chi connectivity index (χ1) is 7.24. The van der Waals surface area contributed by atoms with Gasteiger partial charge in [0, 0.05) is 0 Å². The van der Waals surface area contributed by atoms with Gasteiger partial charge >= 0.3 is 0 Å². The third-order valence-corrected chi connectivity index (χ3v) is 3.85. The molecule has 3 nitrogen and oxygen atoms in total. The highest BCUT2D eigenvalue weighted by Crippen LogP contribution is 2.40. The summed E-state index contributed by atoms with van der Waals surface area (Å²) < 4.78 is 0. The first-order valence-corrected chi connectivity index (χ1v) is 6.08. The highest BCUT2D eigenvalue weighted by atomic mass is 16.2. The number of hydrogen-bond acceptors (Lipinski definition) is 2. The Hall–Kier alpha value is -0.860. The van der Waals surface area contributed by atoms with E-state index in [9.17, 15) is 9.59 Å². The molecule has 84 valence electrons. The lowest BCUT2D eigenvalue weighted by Gasteiger charge is -2.30. The molecule has 1 N–H and O–H groups in total. The summed E-state index contributed by atoms with van der Waals surface area (Å²) in [5, 5.41) is 2.49. The summed E-state index contributed by atoms with van der Waals surface area (Å²) >= 11 is 0. The lowest BCUT2D eigenvalue weighted by molar-refractivity contribution is -0.126. The Balaban J connectivity index is 2.06. The van der Waals surface area contributed by atoms with Crippen LogP contribution in [0.15, 0.2) is 0 Å². The van der Waals surface area contributed by atoms with Crippen LogP contribution in [-0.4, -0.2) is 11.8 Å². The van der Waals surface area contributed by atoms with Crippen LogP contribution in [0.5, 0.6) is 0 Å². The van der Waals surface area contributed by atoms with Gasteiger partial charge in [-0.15, -0.1) is 0 Å². The fraction of sp³-hybridized carbons (Fsp3) is 0.833. The summed E-state index contributed by atoms with van der Waals surface area (Å²) in [4.78, 5) is 23.2. The molecule has 0 aromatic heterocycles. The molecule has 0 aromatic rings. The summed E-state index contributed by atoms with van der Waals surface area (Å²) in [5.74, 6) is 0.415. The predicted molar refractivity (Wildman–Crippen MR) is 57.0 cm³/mol. The van der Waals surface area contributed by atoms with Crippen molar-refractivity contribution in [3.8, 4) is 0 Å². The monoisotopic (exact) mass is 209 g/mol. The number of carbonyl (C=O) groups excluding carboxylic acids is 2. The van der Waals surface area contributed by atoms with Crippen molar-refractivity contribution in [3.63, 3.8) is 0 Å². The zero-order valence-electron chi connectivity index (χ0n) is 9.29. The minimum atomic E-state index is -0.0220.